The van der Waals surface area contributed by atoms with Crippen LogP contribution in [-0.2, 0) is 0 Å². The molecular formula is C23H29BrN2O3. The summed E-state index contributed by atoms with van der Waals surface area (Å²) in [5.74, 6) is 0.697. The van der Waals surface area contributed by atoms with E-state index in [9.17, 15) is 9.59 Å². The van der Waals surface area contributed by atoms with Gasteiger partial charge in [0.05, 0.1) is 12.2 Å². The van der Waals surface area contributed by atoms with Gasteiger partial charge in [0, 0.05) is 21.8 Å². The lowest BCUT2D eigenvalue weighted by Crippen LogP contribution is -2.31. The highest BCUT2D eigenvalue weighted by Gasteiger charge is 2.15. The lowest BCUT2D eigenvalue weighted by Gasteiger charge is -2.14. The Kier molecular flexibility index (Phi) is 8.70. The number of benzene rings is 2. The van der Waals surface area contributed by atoms with Crippen molar-refractivity contribution in [3.8, 4) is 5.75 Å². The lowest BCUT2D eigenvalue weighted by molar-refractivity contribution is 0.0938. The maximum atomic E-state index is 12.8. The van der Waals surface area contributed by atoms with Crippen molar-refractivity contribution in [3.05, 3.63) is 58.1 Å². The second-order valence-corrected chi connectivity index (χ2v) is 8.40. The van der Waals surface area contributed by atoms with E-state index in [0.717, 1.165) is 17.3 Å². The number of carbonyl (C=O) groups is 2. The van der Waals surface area contributed by atoms with E-state index in [1.165, 1.54) is 0 Å². The molecule has 0 aliphatic heterocycles. The number of carbonyl (C=O) groups excluding carboxylic acids is 2. The van der Waals surface area contributed by atoms with Crippen LogP contribution in [0, 0.1) is 5.92 Å². The summed E-state index contributed by atoms with van der Waals surface area (Å²) in [7, 11) is 0. The highest BCUT2D eigenvalue weighted by atomic mass is 79.9. The molecule has 6 heteroatoms. The SMILES string of the molecule is CCC(C)NC(=O)c1ccc(NC(=O)c2cc(Br)ccc2OCCC(C)C)cc1. The van der Waals surface area contributed by atoms with Crippen LogP contribution in [0.25, 0.3) is 0 Å². The number of nitrogens with one attached hydrogen (secondary N) is 2. The molecular weight excluding hydrogens is 432 g/mol. The molecule has 0 saturated carbocycles. The topological polar surface area (TPSA) is 67.4 Å². The molecule has 5 nitrogen and oxygen atoms in total. The van der Waals surface area contributed by atoms with E-state index in [4.69, 9.17) is 4.74 Å². The molecule has 0 bridgehead atoms. The Labute approximate surface area is 181 Å². The first kappa shape index (κ1) is 22.9. The molecule has 1 atom stereocenters. The van der Waals surface area contributed by atoms with Crippen molar-refractivity contribution >= 4 is 33.4 Å². The Balaban J connectivity index is 2.08. The van der Waals surface area contributed by atoms with Crippen molar-refractivity contribution in [3.63, 3.8) is 0 Å². The van der Waals surface area contributed by atoms with E-state index >= 15 is 0 Å². The average molecular weight is 461 g/mol. The average Bonchev–Trinajstić information content (AvgIpc) is 2.69. The van der Waals surface area contributed by atoms with Crippen LogP contribution in [0.3, 0.4) is 0 Å². The van der Waals surface area contributed by atoms with Crippen molar-refractivity contribution in [2.24, 2.45) is 5.92 Å². The third-order valence-corrected chi connectivity index (χ3v) is 5.03. The molecule has 0 aliphatic rings. The number of anilines is 1. The fourth-order valence-electron chi connectivity index (χ4n) is 2.52. The van der Waals surface area contributed by atoms with Crippen LogP contribution in [0.5, 0.6) is 5.75 Å². The standard InChI is InChI=1S/C23H29BrN2O3/c1-5-16(4)25-22(27)17-6-9-19(10-7-17)26-23(28)20-14-18(24)8-11-21(20)29-13-12-15(2)3/h6-11,14-16H,5,12-13H2,1-4H3,(H,25,27)(H,26,28). The summed E-state index contributed by atoms with van der Waals surface area (Å²) in [6.45, 7) is 8.80. The third kappa shape index (κ3) is 7.20. The van der Waals surface area contributed by atoms with Crippen molar-refractivity contribution in [1.29, 1.82) is 0 Å². The molecule has 1 unspecified atom stereocenters. The molecule has 2 amide bonds. The molecule has 2 rings (SSSR count). The summed E-state index contributed by atoms with van der Waals surface area (Å²) in [5, 5.41) is 5.80. The van der Waals surface area contributed by atoms with Crippen molar-refractivity contribution in [2.45, 2.75) is 46.6 Å². The number of halogens is 1. The molecule has 2 aromatic rings. The van der Waals surface area contributed by atoms with Gasteiger partial charge in [-0.1, -0.05) is 36.7 Å². The molecule has 0 radical (unpaired) electrons. The van der Waals surface area contributed by atoms with E-state index in [1.807, 2.05) is 19.9 Å². The highest BCUT2D eigenvalue weighted by Crippen LogP contribution is 2.25. The van der Waals surface area contributed by atoms with E-state index in [1.54, 1.807) is 36.4 Å². The first-order valence-electron chi connectivity index (χ1n) is 9.94. The zero-order valence-electron chi connectivity index (χ0n) is 17.4. The molecule has 0 aliphatic carbocycles. The summed E-state index contributed by atoms with van der Waals surface area (Å²) >= 11 is 3.41. The van der Waals surface area contributed by atoms with Gasteiger partial charge in [-0.25, -0.2) is 0 Å². The first-order valence-corrected chi connectivity index (χ1v) is 10.7. The molecule has 0 fully saturated rings. The van der Waals surface area contributed by atoms with Crippen LogP contribution in [0.1, 0.15) is 61.3 Å². The number of hydrogen-bond donors (Lipinski definition) is 2. The van der Waals surface area contributed by atoms with Gasteiger partial charge >= 0.3 is 0 Å². The van der Waals surface area contributed by atoms with Crippen LogP contribution in [0.2, 0.25) is 0 Å². The van der Waals surface area contributed by atoms with Crippen LogP contribution in [-0.4, -0.2) is 24.5 Å². The monoisotopic (exact) mass is 460 g/mol. The molecule has 0 saturated heterocycles. The van der Waals surface area contributed by atoms with Crippen LogP contribution >= 0.6 is 15.9 Å². The van der Waals surface area contributed by atoms with E-state index in [0.29, 0.717) is 35.1 Å². The molecule has 2 aromatic carbocycles. The predicted molar refractivity (Wildman–Crippen MR) is 121 cm³/mol. The molecule has 156 valence electrons. The number of ether oxygens (including phenoxy) is 1. The number of amides is 2. The molecule has 0 heterocycles. The lowest BCUT2D eigenvalue weighted by atomic mass is 10.1. The summed E-state index contributed by atoms with van der Waals surface area (Å²) in [6, 6.07) is 12.4. The second-order valence-electron chi connectivity index (χ2n) is 7.49. The van der Waals surface area contributed by atoms with Gasteiger partial charge in [0.25, 0.3) is 11.8 Å². The Morgan fingerprint density at radius 3 is 2.34 bits per heavy atom. The third-order valence-electron chi connectivity index (χ3n) is 4.53. The molecule has 29 heavy (non-hydrogen) atoms. The van der Waals surface area contributed by atoms with Crippen LogP contribution < -0.4 is 15.4 Å². The Morgan fingerprint density at radius 2 is 1.72 bits per heavy atom. The van der Waals surface area contributed by atoms with Gasteiger partial charge in [-0.2, -0.15) is 0 Å². The zero-order chi connectivity index (χ0) is 21.4. The largest absolute Gasteiger partial charge is 0.493 e. The summed E-state index contributed by atoms with van der Waals surface area (Å²) in [6.07, 6.45) is 1.78. The van der Waals surface area contributed by atoms with E-state index in [2.05, 4.69) is 40.4 Å². The minimum Gasteiger partial charge on any atom is -0.493 e. The normalized spacial score (nSPS) is 11.8. The maximum Gasteiger partial charge on any atom is 0.259 e. The van der Waals surface area contributed by atoms with Gasteiger partial charge in [-0.05, 0) is 68.1 Å². The number of hydrogen-bond acceptors (Lipinski definition) is 3. The first-order chi connectivity index (χ1) is 13.8. The Morgan fingerprint density at radius 1 is 1.03 bits per heavy atom. The summed E-state index contributed by atoms with van der Waals surface area (Å²) in [5.41, 5.74) is 1.63. The maximum absolute atomic E-state index is 12.8. The zero-order valence-corrected chi connectivity index (χ0v) is 19.0. The van der Waals surface area contributed by atoms with Gasteiger partial charge in [0.2, 0.25) is 0 Å². The molecule has 0 aromatic heterocycles. The minimum atomic E-state index is -0.261. The van der Waals surface area contributed by atoms with Crippen molar-refractivity contribution < 1.29 is 14.3 Å². The van der Waals surface area contributed by atoms with E-state index < -0.39 is 0 Å². The van der Waals surface area contributed by atoms with Gasteiger partial charge in [-0.15, -0.1) is 0 Å². The van der Waals surface area contributed by atoms with Crippen molar-refractivity contribution in [2.75, 3.05) is 11.9 Å². The fraction of sp³-hybridized carbons (Fsp3) is 0.391. The minimum absolute atomic E-state index is 0.118. The molecule has 2 N–H and O–H groups in total. The van der Waals surface area contributed by atoms with Gasteiger partial charge in [0.15, 0.2) is 0 Å². The highest BCUT2D eigenvalue weighted by molar-refractivity contribution is 9.10. The van der Waals surface area contributed by atoms with Gasteiger partial charge in [0.1, 0.15) is 5.75 Å². The van der Waals surface area contributed by atoms with E-state index in [-0.39, 0.29) is 17.9 Å². The fourth-order valence-corrected chi connectivity index (χ4v) is 2.88. The van der Waals surface area contributed by atoms with Crippen LogP contribution in [0.4, 0.5) is 5.69 Å². The summed E-state index contributed by atoms with van der Waals surface area (Å²) in [4.78, 5) is 25.0. The number of rotatable bonds is 9. The predicted octanol–water partition coefficient (Wildman–Crippen LogP) is 5.65. The smallest absolute Gasteiger partial charge is 0.259 e. The Bertz CT molecular complexity index is 835. The molecule has 0 spiro atoms. The van der Waals surface area contributed by atoms with Crippen molar-refractivity contribution in [1.82, 2.24) is 5.32 Å². The summed E-state index contributed by atoms with van der Waals surface area (Å²) < 4.78 is 6.63. The second kappa shape index (κ2) is 11.0. The van der Waals surface area contributed by atoms with Gasteiger partial charge < -0.3 is 15.4 Å². The quantitative estimate of drug-likeness (QED) is 0.507. The van der Waals surface area contributed by atoms with Gasteiger partial charge in [-0.3, -0.25) is 9.59 Å². The van der Waals surface area contributed by atoms with Crippen LogP contribution in [0.15, 0.2) is 46.9 Å². The Hall–Kier alpha value is -2.34.